The number of amides is 6. The molecular formula is C91H115Cl2N9O27S. The average Bonchev–Trinajstić information content (AvgIpc) is 0.735. The van der Waals surface area contributed by atoms with Crippen LogP contribution in [0.15, 0.2) is 102 Å². The van der Waals surface area contributed by atoms with Crippen molar-refractivity contribution in [1.82, 2.24) is 36.6 Å². The molecule has 7 aliphatic rings. The molecule has 2 saturated heterocycles. The van der Waals surface area contributed by atoms with Crippen LogP contribution in [0.4, 0.5) is 0 Å². The Bertz CT molecular complexity index is 5260. The van der Waals surface area contributed by atoms with E-state index in [1.165, 1.54) is 39.0 Å². The monoisotopic (exact) mass is 1870 g/mol. The van der Waals surface area contributed by atoms with E-state index >= 15 is 24.0 Å². The van der Waals surface area contributed by atoms with Crippen LogP contribution in [-0.2, 0) is 80.4 Å². The molecule has 0 aliphatic carbocycles. The zero-order chi connectivity index (χ0) is 94.7. The number of nitrogens with two attached hydrogens (primary N) is 2. The van der Waals surface area contributed by atoms with Crippen LogP contribution in [0.5, 0.6) is 46.0 Å². The number of sulfonamides is 1. The molecule has 6 aromatic carbocycles. The molecule has 36 nitrogen and oxygen atoms in total. The number of ketones is 2. The molecule has 130 heavy (non-hydrogen) atoms. The van der Waals surface area contributed by atoms with Gasteiger partial charge in [0.05, 0.1) is 56.6 Å². The van der Waals surface area contributed by atoms with Gasteiger partial charge in [-0.15, -0.1) is 0 Å². The Morgan fingerprint density at radius 2 is 1.33 bits per heavy atom. The third-order valence-electron chi connectivity index (χ3n) is 24.1. The van der Waals surface area contributed by atoms with Crippen molar-refractivity contribution in [2.24, 2.45) is 29.2 Å². The highest BCUT2D eigenvalue weighted by molar-refractivity contribution is 7.89. The van der Waals surface area contributed by atoms with E-state index in [1.807, 2.05) is 26.0 Å². The number of Topliss-reactive ketones (excluding diaryl/α,β-unsaturated/α-hetero) is 2. The van der Waals surface area contributed by atoms with E-state index in [4.69, 9.17) is 63.1 Å². The molecule has 6 amide bonds. The summed E-state index contributed by atoms with van der Waals surface area (Å²) in [6, 6.07) is 10.2. The fourth-order valence-electron chi connectivity index (χ4n) is 16.8. The van der Waals surface area contributed by atoms with E-state index < -0.39 is 271 Å². The smallest absolute Gasteiger partial charge is 0.330 e. The molecule has 6 aromatic rings. The van der Waals surface area contributed by atoms with Crippen LogP contribution in [0, 0.1) is 17.8 Å². The minimum atomic E-state index is -3.80. The van der Waals surface area contributed by atoms with Crippen LogP contribution in [0.1, 0.15) is 208 Å². The topological polar surface area (TPSA) is 582 Å². The van der Waals surface area contributed by atoms with Gasteiger partial charge in [-0.25, -0.2) is 17.9 Å². The molecule has 7 aliphatic heterocycles. The van der Waals surface area contributed by atoms with Gasteiger partial charge in [-0.2, -0.15) is 0 Å². The van der Waals surface area contributed by atoms with Crippen molar-refractivity contribution in [2.75, 3.05) is 19.7 Å². The van der Waals surface area contributed by atoms with Gasteiger partial charge in [0.15, 0.2) is 41.5 Å². The van der Waals surface area contributed by atoms with Gasteiger partial charge in [0.2, 0.25) is 57.5 Å². The van der Waals surface area contributed by atoms with Crippen molar-refractivity contribution in [3.8, 4) is 57.1 Å². The maximum Gasteiger partial charge on any atom is 0.330 e. The number of aromatic hydroxyl groups is 3. The van der Waals surface area contributed by atoms with Crippen LogP contribution in [0.25, 0.3) is 11.1 Å². The number of fused-ring (bicyclic) bond motifs is 15. The van der Waals surface area contributed by atoms with Gasteiger partial charge < -0.3 is 123 Å². The lowest BCUT2D eigenvalue weighted by Gasteiger charge is -2.48. The Balaban J connectivity index is 1.04. The Morgan fingerprint density at radius 1 is 0.692 bits per heavy atom. The van der Waals surface area contributed by atoms with Crippen molar-refractivity contribution in [1.29, 1.82) is 0 Å². The summed E-state index contributed by atoms with van der Waals surface area (Å²) in [4.78, 5) is 134. The molecule has 0 spiro atoms. The zero-order valence-corrected chi connectivity index (χ0v) is 75.2. The van der Waals surface area contributed by atoms with E-state index in [9.17, 15) is 78.7 Å². The molecule has 706 valence electrons. The van der Waals surface area contributed by atoms with Crippen LogP contribution in [0.2, 0.25) is 10.0 Å². The van der Waals surface area contributed by atoms with Crippen molar-refractivity contribution in [3.63, 3.8) is 0 Å². The lowest BCUT2D eigenvalue weighted by molar-refractivity contribution is -0.334. The Labute approximate surface area is 761 Å². The summed E-state index contributed by atoms with van der Waals surface area (Å²) in [5, 5.41) is 134. The van der Waals surface area contributed by atoms with E-state index in [-0.39, 0.29) is 76.3 Å². The fraction of sp³-hybridized carbons (Fsp3) is 0.505. The number of carbonyl (C=O) groups excluding carboxylic acids is 8. The van der Waals surface area contributed by atoms with Crippen molar-refractivity contribution in [2.45, 2.75) is 259 Å². The Kier molecular flexibility index (Phi) is 33.9. The molecule has 0 saturated carbocycles. The van der Waals surface area contributed by atoms with Crippen LogP contribution >= 0.6 is 23.2 Å². The third kappa shape index (κ3) is 23.8. The Morgan fingerprint density at radius 3 is 1.94 bits per heavy atom. The molecule has 13 rings (SSSR count). The maximum atomic E-state index is 16.6. The fourth-order valence-corrected chi connectivity index (χ4v) is 18.3. The number of rotatable bonds is 31. The normalized spacial score (nSPS) is 26.0. The minimum absolute atomic E-state index is 0.0461. The molecule has 21 N–H and O–H groups in total. The van der Waals surface area contributed by atoms with E-state index in [1.54, 1.807) is 19.1 Å². The second kappa shape index (κ2) is 43.9. The zero-order valence-electron chi connectivity index (χ0n) is 72.9. The number of hydrogen-bond donors (Lipinski definition) is 19. The van der Waals surface area contributed by atoms with E-state index in [2.05, 4.69) is 43.5 Å². The first kappa shape index (κ1) is 100. The molecule has 11 bridgehead atoms. The standard InChI is InChI=1S/C91H115Cl2N9O27S/c1-8-10-11-14-17-46-18-23-53(24-19-46)130(122,123)97-29-16-13-12-15-28-96-41-57-61(105)39-56-71(78(57)111)55-31-48(20-25-60(55)104)54-38-63(107)72-51-35-66(125-64-26-21-49(32-58(64)92)76(109)74(100-85(116)47(9-2)30-43(3)4)62(106)34-52(37-69(95)108)86(117)98-72)81(67(36-51)126-65-27-22-50(33-59(65)93)77(110)75(101-87(54)118)88(119)99-73(56)89(120)121)129-90-82(80(113)79(112)68(42-103)127-90)128-70-40-91(7,83(114)45(6)124-70)102-84(115)44(5)94/h18-27,31-33,35-36,39,43-45,47,52,54,68,70,72-77,79-80,82-83,90,96-97,103-105,109-114H,8-17,28-30,34,37-38,40-42,94H2,1-7H3,(H2,95,108)(H,98,117)(H,99,119)(H,100,116)(H,101,118)(H,102,115)(H,120,121)/t44-,45+,47-,52+,54-,68-,70+,72-,73+,74+,75+,76-,77-,79-,80+,82-,83-,90+,91+/m1/s1. The summed E-state index contributed by atoms with van der Waals surface area (Å²) in [5.41, 5.74) is 8.32. The van der Waals surface area contributed by atoms with Gasteiger partial charge in [-0.1, -0.05) is 113 Å². The number of carboxylic acids is 1. The number of aliphatic carboxylic acids is 1. The summed E-state index contributed by atoms with van der Waals surface area (Å²) < 4.78 is 68.1. The number of ether oxygens (including phenoxy) is 6. The molecule has 0 radical (unpaired) electrons. The molecule has 39 heteroatoms. The number of aliphatic hydroxyl groups excluding tert-OH is 6. The van der Waals surface area contributed by atoms with Crippen LogP contribution < -0.4 is 62.3 Å². The first-order valence-electron chi connectivity index (χ1n) is 43.5. The number of carboxylic acid groups (broad SMARTS) is 1. The predicted molar refractivity (Wildman–Crippen MR) is 470 cm³/mol. The lowest BCUT2D eigenvalue weighted by Crippen LogP contribution is -2.67. The molecule has 7 heterocycles. The number of aliphatic hydroxyl groups is 6. The summed E-state index contributed by atoms with van der Waals surface area (Å²) in [6.07, 6.45) is -14.0. The number of hydrogen-bond acceptors (Lipinski definition) is 28. The molecule has 0 aromatic heterocycles. The number of benzene rings is 6. The highest BCUT2D eigenvalue weighted by atomic mass is 35.5. The molecule has 0 unspecified atom stereocenters. The highest BCUT2D eigenvalue weighted by Crippen LogP contribution is 2.51. The van der Waals surface area contributed by atoms with E-state index in [0.717, 1.165) is 92.3 Å². The first-order valence-corrected chi connectivity index (χ1v) is 45.7. The number of nitrogens with one attached hydrogen (secondary N) is 7. The highest BCUT2D eigenvalue weighted by Gasteiger charge is 2.53. The second-order valence-corrected chi connectivity index (χ2v) is 37.0. The number of halogens is 2. The number of unbranched alkanes of at least 4 members (excludes halogenated alkanes) is 6. The largest absolute Gasteiger partial charge is 0.507 e. The molecule has 19 atom stereocenters. The van der Waals surface area contributed by atoms with Crippen molar-refractivity contribution < 1.29 is 131 Å². The average molecular weight is 1870 g/mol. The maximum absolute atomic E-state index is 16.6. The number of primary amides is 1. The third-order valence-corrected chi connectivity index (χ3v) is 26.2. The summed E-state index contributed by atoms with van der Waals surface area (Å²) >= 11 is 14.4. The van der Waals surface area contributed by atoms with Gasteiger partial charge in [-0.3, -0.25) is 38.4 Å². The lowest BCUT2D eigenvalue weighted by atomic mass is 9.84. The number of phenolic OH excluding ortho intramolecular Hbond substituents is 3. The SMILES string of the molecule is CCCCCCc1ccc(S(=O)(=O)NCCCCCCNCc2c(O)cc3c(c2O)-c2cc(ccc2O)[C@H]2CC(=O)[C@@H]4NC(=O)[C@H](CC(N)=O)CC(=O)[C@H](NC(=O)[C@H](CC)CC(C)C)[C@H](O)c5ccc(c(Cl)c5)Oc5cc4cc(c5O[C@@H]4O[C@H](CO)[C@@H](O)[C@H](O)[C@H]4O[C@H]4C[C@](C)(NC(=O)[C@@H](C)N)[C@H](O)[C@H](C)O4)Oc4ccc(cc4Cl)[C@@H](O)[C@H](NC2=O)C(=O)N[C@@H]3C(=O)O)cc1. The van der Waals surface area contributed by atoms with Crippen LogP contribution in [0.3, 0.4) is 0 Å². The summed E-state index contributed by atoms with van der Waals surface area (Å²) in [6.45, 7) is 10.9. The van der Waals surface area contributed by atoms with Crippen LogP contribution in [-0.4, -0.2) is 205 Å². The van der Waals surface area contributed by atoms with Gasteiger partial charge in [0.1, 0.15) is 83.5 Å². The van der Waals surface area contributed by atoms with Crippen molar-refractivity contribution in [3.05, 3.63) is 146 Å². The second-order valence-electron chi connectivity index (χ2n) is 34.5. The predicted octanol–water partition coefficient (Wildman–Crippen LogP) is 6.78. The van der Waals surface area contributed by atoms with Gasteiger partial charge in [-0.05, 0) is 166 Å². The minimum Gasteiger partial charge on any atom is -0.507 e. The number of phenols is 3. The van der Waals surface area contributed by atoms with Gasteiger partial charge in [0.25, 0.3) is 0 Å². The summed E-state index contributed by atoms with van der Waals surface area (Å²) in [7, 11) is -3.80. The number of carbonyl (C=O) groups is 9. The quantitative estimate of drug-likeness (QED) is 0.0199. The first-order chi connectivity index (χ1) is 61.6. The Hall–Kier alpha value is -10.2. The molecule has 2 fully saturated rings. The summed E-state index contributed by atoms with van der Waals surface area (Å²) in [5.74, 6) is -20.4. The molecular weight excluding hydrogens is 1750 g/mol. The van der Waals surface area contributed by atoms with Crippen molar-refractivity contribution >= 4 is 86.2 Å². The number of aryl methyl sites for hydroxylation is 1. The van der Waals surface area contributed by atoms with E-state index in [0.29, 0.717) is 32.1 Å². The van der Waals surface area contributed by atoms with Gasteiger partial charge in [0, 0.05) is 61.4 Å². The van der Waals surface area contributed by atoms with Gasteiger partial charge >= 0.3 is 5.97 Å².